The number of rotatable bonds is 5. The zero-order valence-electron chi connectivity index (χ0n) is 9.77. The van der Waals surface area contributed by atoms with E-state index in [0.29, 0.717) is 16.0 Å². The Bertz CT molecular complexity index is 653. The minimum absolute atomic E-state index is 0.275. The van der Waals surface area contributed by atoms with Gasteiger partial charge in [0.2, 0.25) is 0 Å². The molecule has 0 saturated carbocycles. The van der Waals surface area contributed by atoms with E-state index in [9.17, 15) is 8.42 Å². The van der Waals surface area contributed by atoms with E-state index < -0.39 is 10.0 Å². The van der Waals surface area contributed by atoms with Gasteiger partial charge in [-0.1, -0.05) is 12.1 Å². The van der Waals surface area contributed by atoms with Crippen molar-refractivity contribution in [3.8, 4) is 0 Å². The number of hydrogen-bond donors (Lipinski definition) is 1. The molecule has 7 heteroatoms. The first-order valence-corrected chi connectivity index (χ1v) is 9.12. The first kappa shape index (κ1) is 14.8. The summed E-state index contributed by atoms with van der Waals surface area (Å²) in [7, 11) is -3.53. The highest BCUT2D eigenvalue weighted by molar-refractivity contribution is 9.10. The van der Waals surface area contributed by atoms with Gasteiger partial charge in [-0.3, -0.25) is 4.72 Å². The van der Waals surface area contributed by atoms with Crippen molar-refractivity contribution in [2.45, 2.75) is 10.6 Å². The van der Waals surface area contributed by atoms with E-state index in [2.05, 4.69) is 20.7 Å². The number of anilines is 1. The molecule has 2 aromatic rings. The number of thiophene rings is 1. The van der Waals surface area contributed by atoms with Crippen LogP contribution in [0.4, 0.5) is 5.69 Å². The van der Waals surface area contributed by atoms with Crippen molar-refractivity contribution in [2.75, 3.05) is 10.6 Å². The molecule has 19 heavy (non-hydrogen) atoms. The summed E-state index contributed by atoms with van der Waals surface area (Å²) < 4.78 is 27.7. The van der Waals surface area contributed by atoms with Crippen molar-refractivity contribution in [3.63, 3.8) is 0 Å². The fourth-order valence-electron chi connectivity index (χ4n) is 1.52. The van der Waals surface area contributed by atoms with Gasteiger partial charge >= 0.3 is 0 Å². The number of halogens is 2. The topological polar surface area (TPSA) is 46.2 Å². The van der Waals surface area contributed by atoms with Gasteiger partial charge in [0.1, 0.15) is 0 Å². The van der Waals surface area contributed by atoms with Crippen molar-refractivity contribution >= 4 is 54.6 Å². The number of alkyl halides is 1. The quantitative estimate of drug-likeness (QED) is 0.794. The molecule has 1 aromatic carbocycles. The number of benzene rings is 1. The van der Waals surface area contributed by atoms with Gasteiger partial charge in [0.05, 0.1) is 0 Å². The highest BCUT2D eigenvalue weighted by Gasteiger charge is 2.19. The van der Waals surface area contributed by atoms with E-state index in [4.69, 9.17) is 11.6 Å². The third kappa shape index (κ3) is 3.72. The fourth-order valence-corrected chi connectivity index (χ4v) is 5.14. The van der Waals surface area contributed by atoms with Crippen LogP contribution in [0.3, 0.4) is 0 Å². The number of nitrogens with one attached hydrogen (secondary N) is 1. The second-order valence-corrected chi connectivity index (χ2v) is 7.82. The van der Waals surface area contributed by atoms with E-state index in [1.54, 1.807) is 23.6 Å². The molecular weight excluding hydrogens is 370 g/mol. The summed E-state index contributed by atoms with van der Waals surface area (Å²) in [6.07, 6.45) is 0.769. The standard InChI is InChI=1S/C12H11BrClNO2S2/c13-11-6-8-18-12(11)19(16,17)15-10-3-1-9(2-4-10)5-7-14/h1-4,6,8,15H,5,7H2. The molecule has 0 aliphatic heterocycles. The van der Waals surface area contributed by atoms with E-state index in [1.807, 2.05) is 12.1 Å². The maximum atomic E-state index is 12.1. The molecule has 0 amide bonds. The van der Waals surface area contributed by atoms with Gasteiger partial charge in [-0.05, 0) is 51.5 Å². The van der Waals surface area contributed by atoms with E-state index in [1.165, 1.54) is 11.3 Å². The number of sulfonamides is 1. The summed E-state index contributed by atoms with van der Waals surface area (Å²) in [6, 6.07) is 8.91. The lowest BCUT2D eigenvalue weighted by Crippen LogP contribution is -2.11. The Hall–Kier alpha value is -0.560. The van der Waals surface area contributed by atoms with Gasteiger partial charge in [-0.25, -0.2) is 8.42 Å². The minimum atomic E-state index is -3.53. The summed E-state index contributed by atoms with van der Waals surface area (Å²) >= 11 is 10.0. The molecular formula is C12H11BrClNO2S2. The van der Waals surface area contributed by atoms with E-state index >= 15 is 0 Å². The van der Waals surface area contributed by atoms with Crippen LogP contribution in [0.1, 0.15) is 5.56 Å². The fraction of sp³-hybridized carbons (Fsp3) is 0.167. The van der Waals surface area contributed by atoms with Crippen LogP contribution in [0, 0.1) is 0 Å². The van der Waals surface area contributed by atoms with Crippen molar-refractivity contribution < 1.29 is 8.42 Å². The van der Waals surface area contributed by atoms with Gasteiger partial charge in [-0.15, -0.1) is 22.9 Å². The van der Waals surface area contributed by atoms with Gasteiger partial charge in [0, 0.05) is 16.0 Å². The van der Waals surface area contributed by atoms with E-state index in [-0.39, 0.29) is 4.21 Å². The summed E-state index contributed by atoms with van der Waals surface area (Å²) in [4.78, 5) is 0. The summed E-state index contributed by atoms with van der Waals surface area (Å²) in [5, 5.41) is 1.72. The van der Waals surface area contributed by atoms with Crippen LogP contribution in [0.2, 0.25) is 0 Å². The molecule has 0 aliphatic rings. The molecule has 0 spiro atoms. The molecule has 1 heterocycles. The van der Waals surface area contributed by atoms with Gasteiger partial charge in [0.25, 0.3) is 10.0 Å². The summed E-state index contributed by atoms with van der Waals surface area (Å²) in [5.41, 5.74) is 1.62. The van der Waals surface area contributed by atoms with Crippen LogP contribution in [0.5, 0.6) is 0 Å². The molecule has 2 rings (SSSR count). The molecule has 102 valence electrons. The predicted molar refractivity (Wildman–Crippen MR) is 83.7 cm³/mol. The van der Waals surface area contributed by atoms with Crippen LogP contribution in [0.25, 0.3) is 0 Å². The van der Waals surface area contributed by atoms with Gasteiger partial charge in [-0.2, -0.15) is 0 Å². The molecule has 0 fully saturated rings. The second kappa shape index (κ2) is 6.26. The first-order valence-electron chi connectivity index (χ1n) is 5.43. The normalized spacial score (nSPS) is 11.5. The average Bonchev–Trinajstić information content (AvgIpc) is 2.79. The molecule has 0 saturated heterocycles. The zero-order valence-corrected chi connectivity index (χ0v) is 13.7. The SMILES string of the molecule is O=S(=O)(Nc1ccc(CCCl)cc1)c1sccc1Br. The van der Waals surface area contributed by atoms with Crippen LogP contribution >= 0.6 is 38.9 Å². The largest absolute Gasteiger partial charge is 0.279 e. The highest BCUT2D eigenvalue weighted by Crippen LogP contribution is 2.29. The molecule has 0 atom stereocenters. The Labute approximate surface area is 129 Å². The van der Waals surface area contributed by atoms with Crippen molar-refractivity contribution in [3.05, 3.63) is 45.7 Å². The van der Waals surface area contributed by atoms with Crippen LogP contribution in [0.15, 0.2) is 44.4 Å². The monoisotopic (exact) mass is 379 g/mol. The molecule has 0 unspecified atom stereocenters. The summed E-state index contributed by atoms with van der Waals surface area (Å²) in [6.45, 7) is 0. The second-order valence-electron chi connectivity index (χ2n) is 3.80. The molecule has 1 N–H and O–H groups in total. The first-order chi connectivity index (χ1) is 9.03. The molecule has 1 aromatic heterocycles. The third-order valence-electron chi connectivity index (χ3n) is 2.42. The zero-order chi connectivity index (χ0) is 13.9. The summed E-state index contributed by atoms with van der Waals surface area (Å²) in [5.74, 6) is 0.549. The van der Waals surface area contributed by atoms with Gasteiger partial charge in [0.15, 0.2) is 4.21 Å². The van der Waals surface area contributed by atoms with Gasteiger partial charge < -0.3 is 0 Å². The van der Waals surface area contributed by atoms with Crippen LogP contribution in [-0.2, 0) is 16.4 Å². The minimum Gasteiger partial charge on any atom is -0.279 e. The molecule has 3 nitrogen and oxygen atoms in total. The number of hydrogen-bond acceptors (Lipinski definition) is 3. The maximum absolute atomic E-state index is 12.1. The smallest absolute Gasteiger partial charge is 0.272 e. The lowest BCUT2D eigenvalue weighted by atomic mass is 10.2. The molecule has 0 radical (unpaired) electrons. The Morgan fingerprint density at radius 2 is 1.89 bits per heavy atom. The van der Waals surface area contributed by atoms with Crippen molar-refractivity contribution in [1.29, 1.82) is 0 Å². The predicted octanol–water partition coefficient (Wildman–Crippen LogP) is 4.09. The molecule has 0 bridgehead atoms. The van der Waals surface area contributed by atoms with E-state index in [0.717, 1.165) is 12.0 Å². The Morgan fingerprint density at radius 1 is 1.21 bits per heavy atom. The lowest BCUT2D eigenvalue weighted by Gasteiger charge is -2.07. The van der Waals surface area contributed by atoms with Crippen molar-refractivity contribution in [2.24, 2.45) is 0 Å². The maximum Gasteiger partial charge on any atom is 0.272 e. The Kier molecular flexibility index (Phi) is 4.89. The number of aryl methyl sites for hydroxylation is 1. The Morgan fingerprint density at radius 3 is 2.42 bits per heavy atom. The Balaban J connectivity index is 2.19. The lowest BCUT2D eigenvalue weighted by molar-refractivity contribution is 0.603. The third-order valence-corrected chi connectivity index (χ3v) is 6.66. The van der Waals surface area contributed by atoms with Crippen molar-refractivity contribution in [1.82, 2.24) is 0 Å². The van der Waals surface area contributed by atoms with Crippen LogP contribution < -0.4 is 4.72 Å². The molecule has 0 aliphatic carbocycles. The average molecular weight is 381 g/mol. The van der Waals surface area contributed by atoms with Crippen LogP contribution in [-0.4, -0.2) is 14.3 Å². The highest BCUT2D eigenvalue weighted by atomic mass is 79.9.